The second-order valence-corrected chi connectivity index (χ2v) is 5.25. The summed E-state index contributed by atoms with van der Waals surface area (Å²) in [4.78, 5) is 2.12. The number of oxime groups is 1. The summed E-state index contributed by atoms with van der Waals surface area (Å²) >= 11 is 6.25. The zero-order valence-electron chi connectivity index (χ0n) is 12.0. The van der Waals surface area contributed by atoms with E-state index in [2.05, 4.69) is 17.0 Å². The van der Waals surface area contributed by atoms with Crippen LogP contribution in [-0.4, -0.2) is 18.1 Å². The van der Waals surface area contributed by atoms with Crippen LogP contribution in [0.15, 0.2) is 53.7 Å². The van der Waals surface area contributed by atoms with Gasteiger partial charge in [-0.25, -0.2) is 0 Å². The molecular weight excluding hydrogens is 286 g/mol. The van der Waals surface area contributed by atoms with Crippen molar-refractivity contribution in [2.45, 2.75) is 13.0 Å². The van der Waals surface area contributed by atoms with E-state index in [0.717, 1.165) is 16.3 Å². The third-order valence-electron chi connectivity index (χ3n) is 3.61. The Hall–Kier alpha value is -2.20. The van der Waals surface area contributed by atoms with Gasteiger partial charge in [-0.15, -0.1) is 0 Å². The smallest absolute Gasteiger partial charge is 0.170 e. The van der Waals surface area contributed by atoms with Crippen molar-refractivity contribution in [1.82, 2.24) is 0 Å². The van der Waals surface area contributed by atoms with E-state index < -0.39 is 0 Å². The van der Waals surface area contributed by atoms with Crippen molar-refractivity contribution >= 4 is 23.1 Å². The van der Waals surface area contributed by atoms with Crippen molar-refractivity contribution < 1.29 is 5.21 Å². The number of hydrogen-bond donors (Lipinski definition) is 2. The van der Waals surface area contributed by atoms with E-state index in [-0.39, 0.29) is 11.9 Å². The summed E-state index contributed by atoms with van der Waals surface area (Å²) in [6.07, 6.45) is 0. The highest BCUT2D eigenvalue weighted by molar-refractivity contribution is 6.31. The largest absolute Gasteiger partial charge is 0.409 e. The summed E-state index contributed by atoms with van der Waals surface area (Å²) in [6, 6.07) is 15.4. The Morgan fingerprint density at radius 1 is 1.19 bits per heavy atom. The van der Waals surface area contributed by atoms with Gasteiger partial charge in [0.2, 0.25) is 0 Å². The maximum Gasteiger partial charge on any atom is 0.170 e. The molecule has 1 unspecified atom stereocenters. The van der Waals surface area contributed by atoms with Crippen molar-refractivity contribution in [1.29, 1.82) is 0 Å². The molecule has 4 nitrogen and oxygen atoms in total. The minimum atomic E-state index is 0.100. The van der Waals surface area contributed by atoms with Crippen molar-refractivity contribution in [2.75, 3.05) is 11.9 Å². The summed E-state index contributed by atoms with van der Waals surface area (Å²) in [6.45, 7) is 2.10. The monoisotopic (exact) mass is 303 g/mol. The Morgan fingerprint density at radius 2 is 1.81 bits per heavy atom. The Bertz CT molecular complexity index is 640. The summed E-state index contributed by atoms with van der Waals surface area (Å²) < 4.78 is 0. The zero-order valence-corrected chi connectivity index (χ0v) is 12.7. The first-order valence-electron chi connectivity index (χ1n) is 6.60. The van der Waals surface area contributed by atoms with E-state index >= 15 is 0 Å². The third kappa shape index (κ3) is 3.28. The SMILES string of the molecule is CC(c1ccccc1Cl)N(C)c1ccc(C(N)=NO)cc1. The molecule has 0 aromatic heterocycles. The maximum absolute atomic E-state index is 8.67. The van der Waals surface area contributed by atoms with Gasteiger partial charge in [0.05, 0.1) is 6.04 Å². The van der Waals surface area contributed by atoms with Crippen molar-refractivity contribution in [3.05, 3.63) is 64.7 Å². The van der Waals surface area contributed by atoms with Gasteiger partial charge in [-0.1, -0.05) is 35.0 Å². The zero-order chi connectivity index (χ0) is 15.4. The van der Waals surface area contributed by atoms with Crippen LogP contribution in [0.25, 0.3) is 0 Å². The fraction of sp³-hybridized carbons (Fsp3) is 0.188. The van der Waals surface area contributed by atoms with Gasteiger partial charge in [0.15, 0.2) is 5.84 Å². The van der Waals surface area contributed by atoms with E-state index in [1.54, 1.807) is 0 Å². The average molecular weight is 304 g/mol. The fourth-order valence-electron chi connectivity index (χ4n) is 2.17. The third-order valence-corrected chi connectivity index (χ3v) is 3.96. The van der Waals surface area contributed by atoms with E-state index in [1.807, 2.05) is 55.6 Å². The summed E-state index contributed by atoms with van der Waals surface area (Å²) in [5.41, 5.74) is 8.34. The molecule has 0 saturated heterocycles. The second kappa shape index (κ2) is 6.50. The fourth-order valence-corrected chi connectivity index (χ4v) is 2.46. The lowest BCUT2D eigenvalue weighted by Gasteiger charge is -2.28. The average Bonchev–Trinajstić information content (AvgIpc) is 2.53. The molecule has 0 aliphatic heterocycles. The lowest BCUT2D eigenvalue weighted by Crippen LogP contribution is -2.22. The van der Waals surface area contributed by atoms with Crippen LogP contribution in [0, 0.1) is 0 Å². The number of amidine groups is 1. The highest BCUT2D eigenvalue weighted by Crippen LogP contribution is 2.29. The van der Waals surface area contributed by atoms with Gasteiger partial charge >= 0.3 is 0 Å². The molecule has 110 valence electrons. The molecule has 0 radical (unpaired) electrons. The number of benzene rings is 2. The molecule has 0 aliphatic carbocycles. The van der Waals surface area contributed by atoms with Gasteiger partial charge in [0.25, 0.3) is 0 Å². The number of nitrogens with two attached hydrogens (primary N) is 1. The molecule has 21 heavy (non-hydrogen) atoms. The number of halogens is 1. The van der Waals surface area contributed by atoms with E-state index in [9.17, 15) is 0 Å². The van der Waals surface area contributed by atoms with Gasteiger partial charge in [0.1, 0.15) is 0 Å². The number of anilines is 1. The first-order chi connectivity index (χ1) is 10.0. The van der Waals surface area contributed by atoms with Gasteiger partial charge in [-0.3, -0.25) is 0 Å². The Balaban J connectivity index is 2.24. The van der Waals surface area contributed by atoms with Gasteiger partial charge in [0, 0.05) is 23.3 Å². The van der Waals surface area contributed by atoms with Gasteiger partial charge in [-0.2, -0.15) is 0 Å². The molecular formula is C16H18ClN3O. The highest BCUT2D eigenvalue weighted by Gasteiger charge is 2.15. The van der Waals surface area contributed by atoms with Crippen LogP contribution in [0.2, 0.25) is 5.02 Å². The number of nitrogens with zero attached hydrogens (tertiary/aromatic N) is 2. The molecule has 0 fully saturated rings. The summed E-state index contributed by atoms with van der Waals surface area (Å²) in [7, 11) is 2.01. The van der Waals surface area contributed by atoms with Crippen molar-refractivity contribution in [3.8, 4) is 0 Å². The molecule has 0 heterocycles. The minimum absolute atomic E-state index is 0.100. The lowest BCUT2D eigenvalue weighted by atomic mass is 10.1. The van der Waals surface area contributed by atoms with E-state index in [0.29, 0.717) is 5.56 Å². The molecule has 0 bridgehead atoms. The molecule has 0 saturated carbocycles. The van der Waals surface area contributed by atoms with Crippen LogP contribution in [0.4, 0.5) is 5.69 Å². The quantitative estimate of drug-likeness (QED) is 0.392. The van der Waals surface area contributed by atoms with Crippen LogP contribution in [0.3, 0.4) is 0 Å². The highest BCUT2D eigenvalue weighted by atomic mass is 35.5. The van der Waals surface area contributed by atoms with E-state index in [4.69, 9.17) is 22.5 Å². The predicted octanol–water partition coefficient (Wildman–Crippen LogP) is 3.63. The number of rotatable bonds is 4. The first-order valence-corrected chi connectivity index (χ1v) is 6.97. The van der Waals surface area contributed by atoms with Crippen LogP contribution in [0.5, 0.6) is 0 Å². The molecule has 2 rings (SSSR count). The normalized spacial score (nSPS) is 13.0. The van der Waals surface area contributed by atoms with Crippen molar-refractivity contribution in [3.63, 3.8) is 0 Å². The maximum atomic E-state index is 8.67. The van der Waals surface area contributed by atoms with Crippen LogP contribution < -0.4 is 10.6 Å². The van der Waals surface area contributed by atoms with Crippen LogP contribution in [-0.2, 0) is 0 Å². The Labute approximate surface area is 129 Å². The Morgan fingerprint density at radius 3 is 2.38 bits per heavy atom. The number of hydrogen-bond acceptors (Lipinski definition) is 3. The Kier molecular flexibility index (Phi) is 4.70. The molecule has 0 aliphatic rings. The second-order valence-electron chi connectivity index (χ2n) is 4.84. The van der Waals surface area contributed by atoms with Crippen LogP contribution in [0.1, 0.15) is 24.1 Å². The molecule has 2 aromatic rings. The van der Waals surface area contributed by atoms with Gasteiger partial charge in [-0.05, 0) is 42.8 Å². The first kappa shape index (κ1) is 15.2. The van der Waals surface area contributed by atoms with Crippen molar-refractivity contribution in [2.24, 2.45) is 10.9 Å². The standard InChI is InChI=1S/C16H18ClN3O/c1-11(14-5-3-4-6-15(14)17)20(2)13-9-7-12(8-10-13)16(18)19-21/h3-11,21H,1-2H3,(H2,18,19). The van der Waals surface area contributed by atoms with E-state index in [1.165, 1.54) is 0 Å². The molecule has 0 amide bonds. The summed E-state index contributed by atoms with van der Waals surface area (Å²) in [5.74, 6) is 0.100. The predicted molar refractivity (Wildman–Crippen MR) is 87.2 cm³/mol. The van der Waals surface area contributed by atoms with Crippen LogP contribution >= 0.6 is 11.6 Å². The molecule has 3 N–H and O–H groups in total. The molecule has 2 aromatic carbocycles. The van der Waals surface area contributed by atoms with Gasteiger partial charge < -0.3 is 15.8 Å². The summed E-state index contributed by atoms with van der Waals surface area (Å²) in [5, 5.41) is 12.4. The molecule has 0 spiro atoms. The minimum Gasteiger partial charge on any atom is -0.409 e. The molecule has 5 heteroatoms. The lowest BCUT2D eigenvalue weighted by molar-refractivity contribution is 0.318. The molecule has 1 atom stereocenters. The topological polar surface area (TPSA) is 61.8 Å².